The summed E-state index contributed by atoms with van der Waals surface area (Å²) in [5.74, 6) is 0.529. The molecule has 3 nitrogen and oxygen atoms in total. The minimum absolute atomic E-state index is 0.0274. The van der Waals surface area contributed by atoms with E-state index in [0.29, 0.717) is 5.11 Å². The molecule has 0 bridgehead atoms. The highest BCUT2D eigenvalue weighted by Crippen LogP contribution is 2.13. The number of halogens is 1. The first-order chi connectivity index (χ1) is 8.65. The summed E-state index contributed by atoms with van der Waals surface area (Å²) in [7, 11) is 0. The molecule has 0 aliphatic carbocycles. The van der Waals surface area contributed by atoms with Crippen molar-refractivity contribution in [2.24, 2.45) is 0 Å². The van der Waals surface area contributed by atoms with Crippen LogP contribution in [-0.4, -0.2) is 5.11 Å². The zero-order valence-electron chi connectivity index (χ0n) is 9.81. The fraction of sp³-hybridized carbons (Fsp3) is 0.154. The third-order valence-corrected chi connectivity index (χ3v) is 2.64. The maximum atomic E-state index is 12.7. The van der Waals surface area contributed by atoms with Gasteiger partial charge in [-0.25, -0.2) is 4.39 Å². The number of hydrogen-bond acceptors (Lipinski definition) is 2. The molecule has 0 aliphatic heterocycles. The molecule has 18 heavy (non-hydrogen) atoms. The van der Waals surface area contributed by atoms with Gasteiger partial charge < -0.3 is 15.1 Å². The minimum atomic E-state index is -0.275. The Morgan fingerprint density at radius 2 is 2.00 bits per heavy atom. The maximum Gasteiger partial charge on any atom is 0.171 e. The normalized spacial score (nSPS) is 11.9. The molecule has 94 valence electrons. The first-order valence-electron chi connectivity index (χ1n) is 5.51. The Labute approximate surface area is 110 Å². The second-order valence-corrected chi connectivity index (χ2v) is 4.25. The third-order valence-electron chi connectivity index (χ3n) is 2.42. The van der Waals surface area contributed by atoms with Crippen LogP contribution in [0.25, 0.3) is 0 Å². The van der Waals surface area contributed by atoms with Gasteiger partial charge in [-0.2, -0.15) is 0 Å². The number of nitrogens with one attached hydrogen (secondary N) is 2. The molecule has 0 fully saturated rings. The molecule has 2 rings (SSSR count). The van der Waals surface area contributed by atoms with Crippen molar-refractivity contribution in [2.75, 3.05) is 5.32 Å². The molecule has 0 unspecified atom stereocenters. The van der Waals surface area contributed by atoms with Crippen molar-refractivity contribution in [3.8, 4) is 0 Å². The largest absolute Gasteiger partial charge is 0.467 e. The number of hydrogen-bond donors (Lipinski definition) is 2. The lowest BCUT2D eigenvalue weighted by Crippen LogP contribution is -2.30. The van der Waals surface area contributed by atoms with Gasteiger partial charge in [0.25, 0.3) is 0 Å². The molecule has 0 radical (unpaired) electrons. The predicted octanol–water partition coefficient (Wildman–Crippen LogP) is 3.47. The summed E-state index contributed by atoms with van der Waals surface area (Å²) in [4.78, 5) is 0. The fourth-order valence-corrected chi connectivity index (χ4v) is 1.80. The molecule has 2 aromatic rings. The van der Waals surface area contributed by atoms with Crippen molar-refractivity contribution in [3.63, 3.8) is 0 Å². The van der Waals surface area contributed by atoms with Crippen molar-refractivity contribution in [3.05, 3.63) is 54.2 Å². The van der Waals surface area contributed by atoms with Gasteiger partial charge in [-0.15, -0.1) is 0 Å². The van der Waals surface area contributed by atoms with Gasteiger partial charge in [-0.05, 0) is 55.5 Å². The molecule has 1 atom stereocenters. The van der Waals surface area contributed by atoms with E-state index in [0.717, 1.165) is 11.4 Å². The van der Waals surface area contributed by atoms with E-state index >= 15 is 0 Å². The molecule has 0 aliphatic rings. The van der Waals surface area contributed by atoms with Gasteiger partial charge in [0.05, 0.1) is 12.3 Å². The SMILES string of the molecule is C[C@@H](NC(=S)Nc1ccc(F)cc1)c1ccco1. The lowest BCUT2D eigenvalue weighted by Gasteiger charge is -2.15. The van der Waals surface area contributed by atoms with Gasteiger partial charge in [0.15, 0.2) is 5.11 Å². The predicted molar refractivity (Wildman–Crippen MR) is 72.9 cm³/mol. The van der Waals surface area contributed by atoms with E-state index in [-0.39, 0.29) is 11.9 Å². The summed E-state index contributed by atoms with van der Waals surface area (Å²) in [6.45, 7) is 1.94. The third kappa shape index (κ3) is 3.30. The van der Waals surface area contributed by atoms with Gasteiger partial charge >= 0.3 is 0 Å². The topological polar surface area (TPSA) is 37.2 Å². The Kier molecular flexibility index (Phi) is 3.94. The molecular weight excluding hydrogens is 251 g/mol. The van der Waals surface area contributed by atoms with Gasteiger partial charge in [-0.3, -0.25) is 0 Å². The minimum Gasteiger partial charge on any atom is -0.467 e. The first-order valence-corrected chi connectivity index (χ1v) is 5.92. The number of anilines is 1. The monoisotopic (exact) mass is 264 g/mol. The average molecular weight is 264 g/mol. The summed E-state index contributed by atoms with van der Waals surface area (Å²) in [6, 6.07) is 9.67. The van der Waals surface area contributed by atoms with Gasteiger partial charge in [0.2, 0.25) is 0 Å². The van der Waals surface area contributed by atoms with Crippen molar-refractivity contribution in [1.29, 1.82) is 0 Å². The molecule has 1 aromatic heterocycles. The summed E-state index contributed by atoms with van der Waals surface area (Å²) >= 11 is 5.16. The van der Waals surface area contributed by atoms with Crippen LogP contribution >= 0.6 is 12.2 Å². The molecule has 0 saturated heterocycles. The molecule has 1 heterocycles. The number of benzene rings is 1. The lowest BCUT2D eigenvalue weighted by atomic mass is 10.2. The van der Waals surface area contributed by atoms with Crippen LogP contribution in [-0.2, 0) is 0 Å². The fourth-order valence-electron chi connectivity index (χ4n) is 1.51. The number of thiocarbonyl (C=S) groups is 1. The molecule has 1 aromatic carbocycles. The van der Waals surface area contributed by atoms with E-state index in [1.54, 1.807) is 18.4 Å². The second kappa shape index (κ2) is 5.64. The van der Waals surface area contributed by atoms with E-state index < -0.39 is 0 Å². The lowest BCUT2D eigenvalue weighted by molar-refractivity contribution is 0.464. The van der Waals surface area contributed by atoms with Gasteiger partial charge in [0.1, 0.15) is 11.6 Å². The van der Waals surface area contributed by atoms with Crippen LogP contribution in [0.5, 0.6) is 0 Å². The van der Waals surface area contributed by atoms with Gasteiger partial charge in [0, 0.05) is 5.69 Å². The van der Waals surface area contributed by atoms with Crippen molar-refractivity contribution >= 4 is 23.0 Å². The van der Waals surface area contributed by atoms with E-state index in [4.69, 9.17) is 16.6 Å². The zero-order chi connectivity index (χ0) is 13.0. The molecule has 0 spiro atoms. The Balaban J connectivity index is 1.91. The summed E-state index contributed by atoms with van der Waals surface area (Å²) in [5.41, 5.74) is 0.737. The quantitative estimate of drug-likeness (QED) is 0.832. The molecule has 2 N–H and O–H groups in total. The highest BCUT2D eigenvalue weighted by atomic mass is 32.1. The maximum absolute atomic E-state index is 12.7. The van der Waals surface area contributed by atoms with Crippen LogP contribution in [0.3, 0.4) is 0 Å². The zero-order valence-corrected chi connectivity index (χ0v) is 10.6. The Morgan fingerprint density at radius 3 is 2.61 bits per heavy atom. The summed E-state index contributed by atoms with van der Waals surface area (Å²) in [6.07, 6.45) is 1.62. The number of rotatable bonds is 3. The van der Waals surface area contributed by atoms with Crippen molar-refractivity contribution < 1.29 is 8.81 Å². The summed E-state index contributed by atoms with van der Waals surface area (Å²) in [5, 5.41) is 6.52. The van der Waals surface area contributed by atoms with Crippen molar-refractivity contribution in [2.45, 2.75) is 13.0 Å². The highest BCUT2D eigenvalue weighted by molar-refractivity contribution is 7.80. The van der Waals surface area contributed by atoms with Crippen molar-refractivity contribution in [1.82, 2.24) is 5.32 Å². The molecular formula is C13H13FN2OS. The van der Waals surface area contributed by atoms with E-state index in [2.05, 4.69) is 10.6 Å². The van der Waals surface area contributed by atoms with E-state index in [1.807, 2.05) is 19.1 Å². The van der Waals surface area contributed by atoms with Crippen LogP contribution in [0, 0.1) is 5.82 Å². The first kappa shape index (κ1) is 12.6. The van der Waals surface area contributed by atoms with Crippen LogP contribution in [0.15, 0.2) is 47.1 Å². The van der Waals surface area contributed by atoms with Crippen LogP contribution < -0.4 is 10.6 Å². The van der Waals surface area contributed by atoms with E-state index in [9.17, 15) is 4.39 Å². The van der Waals surface area contributed by atoms with Crippen LogP contribution in [0.2, 0.25) is 0 Å². The van der Waals surface area contributed by atoms with Crippen LogP contribution in [0.1, 0.15) is 18.7 Å². The average Bonchev–Trinajstić information content (AvgIpc) is 2.85. The molecule has 0 saturated carbocycles. The van der Waals surface area contributed by atoms with Crippen LogP contribution in [0.4, 0.5) is 10.1 Å². The van der Waals surface area contributed by atoms with Gasteiger partial charge in [-0.1, -0.05) is 0 Å². The Bertz CT molecular complexity index is 510. The number of furan rings is 1. The smallest absolute Gasteiger partial charge is 0.171 e. The summed E-state index contributed by atoms with van der Waals surface area (Å²) < 4.78 is 18.0. The standard InChI is InChI=1S/C13H13FN2OS/c1-9(12-3-2-8-17-12)15-13(18)16-11-6-4-10(14)5-7-11/h2-9H,1H3,(H2,15,16,18)/t9-/m1/s1. The van der Waals surface area contributed by atoms with E-state index in [1.165, 1.54) is 12.1 Å². The second-order valence-electron chi connectivity index (χ2n) is 3.84. The molecule has 0 amide bonds. The highest BCUT2D eigenvalue weighted by Gasteiger charge is 2.09. The Hall–Kier alpha value is -1.88. The Morgan fingerprint density at radius 1 is 1.28 bits per heavy atom. The molecule has 5 heteroatoms.